The number of ether oxygens (including phenoxy) is 1. The lowest BCUT2D eigenvalue weighted by Gasteiger charge is -2.34. The smallest absolute Gasteiger partial charge is 0.370 e. The Morgan fingerprint density at radius 1 is 1.13 bits per heavy atom. The molecule has 2 fully saturated rings. The van der Waals surface area contributed by atoms with Crippen molar-refractivity contribution in [2.45, 2.75) is 38.0 Å². The Balaban J connectivity index is 1.67. The van der Waals surface area contributed by atoms with E-state index in [4.69, 9.17) is 4.74 Å². The summed E-state index contributed by atoms with van der Waals surface area (Å²) < 4.78 is 43.5. The topological polar surface area (TPSA) is 29.5 Å². The van der Waals surface area contributed by atoms with Gasteiger partial charge in [0.1, 0.15) is 6.10 Å². The number of nitrogens with zero attached hydrogens (tertiary/aromatic N) is 1. The van der Waals surface area contributed by atoms with E-state index in [1.54, 1.807) is 0 Å². The molecule has 1 aliphatic carbocycles. The summed E-state index contributed by atoms with van der Waals surface area (Å²) in [6.07, 6.45) is -0.596. The average Bonchev–Trinajstić information content (AvgIpc) is 3.08. The minimum absolute atomic E-state index is 0.112. The number of benzene rings is 1. The van der Waals surface area contributed by atoms with Crippen LogP contribution in [0.15, 0.2) is 24.3 Å². The van der Waals surface area contributed by atoms with Crippen LogP contribution in [0.2, 0.25) is 0 Å². The van der Waals surface area contributed by atoms with Crippen molar-refractivity contribution in [2.75, 3.05) is 19.7 Å². The Labute approximate surface area is 133 Å². The Bertz CT molecular complexity index is 550. The Kier molecular flexibility index (Phi) is 4.62. The van der Waals surface area contributed by atoms with Gasteiger partial charge in [-0.15, -0.1) is 0 Å². The van der Waals surface area contributed by atoms with Gasteiger partial charge < -0.3 is 9.64 Å². The molecule has 3 nitrogen and oxygen atoms in total. The van der Waals surface area contributed by atoms with Crippen molar-refractivity contribution >= 4 is 5.91 Å². The third-order valence-electron chi connectivity index (χ3n) is 4.69. The average molecular weight is 327 g/mol. The summed E-state index contributed by atoms with van der Waals surface area (Å²) in [5.41, 5.74) is 0.0119. The first-order valence-corrected chi connectivity index (χ1v) is 8.02. The largest absolute Gasteiger partial charge is 0.416 e. The van der Waals surface area contributed by atoms with Crippen LogP contribution < -0.4 is 0 Å². The van der Waals surface area contributed by atoms with Crippen molar-refractivity contribution in [3.8, 4) is 0 Å². The van der Waals surface area contributed by atoms with E-state index in [0.717, 1.165) is 37.8 Å². The van der Waals surface area contributed by atoms with Crippen LogP contribution in [0.5, 0.6) is 0 Å². The first kappa shape index (κ1) is 16.3. The predicted octanol–water partition coefficient (Wildman–Crippen LogP) is 3.80. The van der Waals surface area contributed by atoms with Gasteiger partial charge in [-0.3, -0.25) is 4.79 Å². The molecule has 1 heterocycles. The molecule has 1 aliphatic heterocycles. The highest BCUT2D eigenvalue weighted by Crippen LogP contribution is 2.32. The first-order valence-electron chi connectivity index (χ1n) is 8.02. The van der Waals surface area contributed by atoms with Crippen molar-refractivity contribution in [3.63, 3.8) is 0 Å². The molecule has 0 bridgehead atoms. The third kappa shape index (κ3) is 3.68. The maximum Gasteiger partial charge on any atom is 0.416 e. The molecule has 0 aromatic heterocycles. The molecule has 0 N–H and O–H groups in total. The van der Waals surface area contributed by atoms with E-state index in [9.17, 15) is 18.0 Å². The second kappa shape index (κ2) is 6.51. The maximum atomic E-state index is 12.6. The van der Waals surface area contributed by atoms with Crippen molar-refractivity contribution in [3.05, 3.63) is 35.4 Å². The highest BCUT2D eigenvalue weighted by atomic mass is 19.4. The number of carbonyl (C=O) groups is 1. The van der Waals surface area contributed by atoms with E-state index in [1.807, 2.05) is 4.90 Å². The molecule has 3 rings (SSSR count). The van der Waals surface area contributed by atoms with Gasteiger partial charge in [-0.1, -0.05) is 25.0 Å². The summed E-state index contributed by atoms with van der Waals surface area (Å²) in [4.78, 5) is 14.3. The molecule has 1 amide bonds. The molecule has 0 unspecified atom stereocenters. The minimum Gasteiger partial charge on any atom is -0.370 e. The monoisotopic (exact) mass is 327 g/mol. The Hall–Kier alpha value is -1.56. The zero-order chi connectivity index (χ0) is 16.4. The molecule has 2 aliphatic rings. The number of hydrogen-bond donors (Lipinski definition) is 0. The van der Waals surface area contributed by atoms with Crippen LogP contribution >= 0.6 is 0 Å². The van der Waals surface area contributed by atoms with E-state index >= 15 is 0 Å². The fourth-order valence-corrected chi connectivity index (χ4v) is 3.37. The number of hydrogen-bond acceptors (Lipinski definition) is 2. The van der Waals surface area contributed by atoms with Crippen LogP contribution in [0.4, 0.5) is 13.2 Å². The van der Waals surface area contributed by atoms with Gasteiger partial charge >= 0.3 is 6.18 Å². The summed E-state index contributed by atoms with van der Waals surface area (Å²) in [7, 11) is 0. The van der Waals surface area contributed by atoms with Crippen LogP contribution in [0, 0.1) is 5.92 Å². The lowest BCUT2D eigenvalue weighted by atomic mass is 10.0. The number of halogens is 3. The Morgan fingerprint density at radius 3 is 2.39 bits per heavy atom. The standard InChI is InChI=1S/C17H20F3NO2/c18-17(19,20)14-7-5-12(6-8-14)15-11-21(9-10-23-15)16(22)13-3-1-2-4-13/h5-8,13,15H,1-4,9-11H2/t15-/m0/s1. The third-order valence-corrected chi connectivity index (χ3v) is 4.69. The van der Waals surface area contributed by atoms with Crippen molar-refractivity contribution < 1.29 is 22.7 Å². The van der Waals surface area contributed by atoms with Gasteiger partial charge in [0.2, 0.25) is 5.91 Å². The zero-order valence-electron chi connectivity index (χ0n) is 12.8. The van der Waals surface area contributed by atoms with Gasteiger partial charge in [0.15, 0.2) is 0 Å². The lowest BCUT2D eigenvalue weighted by Crippen LogP contribution is -2.44. The molecule has 1 aromatic rings. The molecular weight excluding hydrogens is 307 g/mol. The molecule has 6 heteroatoms. The van der Waals surface area contributed by atoms with E-state index < -0.39 is 11.7 Å². The first-order chi connectivity index (χ1) is 10.9. The van der Waals surface area contributed by atoms with Gasteiger partial charge in [0.25, 0.3) is 0 Å². The number of morpholine rings is 1. The predicted molar refractivity (Wildman–Crippen MR) is 78.7 cm³/mol. The fourth-order valence-electron chi connectivity index (χ4n) is 3.37. The van der Waals surface area contributed by atoms with Gasteiger partial charge in [0, 0.05) is 12.5 Å². The molecule has 0 spiro atoms. The van der Waals surface area contributed by atoms with Crippen molar-refractivity contribution in [2.24, 2.45) is 5.92 Å². The molecule has 126 valence electrons. The van der Waals surface area contributed by atoms with Crippen LogP contribution in [0.25, 0.3) is 0 Å². The van der Waals surface area contributed by atoms with Gasteiger partial charge in [0.05, 0.1) is 18.7 Å². The lowest BCUT2D eigenvalue weighted by molar-refractivity contribution is -0.143. The molecular formula is C17H20F3NO2. The quantitative estimate of drug-likeness (QED) is 0.827. The van der Waals surface area contributed by atoms with Crippen molar-refractivity contribution in [1.82, 2.24) is 4.90 Å². The summed E-state index contributed by atoms with van der Waals surface area (Å²) in [6, 6.07) is 5.01. The minimum atomic E-state index is -4.34. The van der Waals surface area contributed by atoms with Crippen LogP contribution in [-0.2, 0) is 15.7 Å². The number of rotatable bonds is 2. The molecule has 1 saturated heterocycles. The number of alkyl halides is 3. The van der Waals surface area contributed by atoms with Crippen LogP contribution in [-0.4, -0.2) is 30.5 Å². The van der Waals surface area contributed by atoms with Crippen LogP contribution in [0.1, 0.15) is 42.9 Å². The Morgan fingerprint density at radius 2 is 1.78 bits per heavy atom. The molecule has 0 radical (unpaired) electrons. The summed E-state index contributed by atoms with van der Waals surface area (Å²) in [6.45, 7) is 1.40. The van der Waals surface area contributed by atoms with Gasteiger partial charge in [-0.05, 0) is 30.5 Å². The maximum absolute atomic E-state index is 12.6. The summed E-state index contributed by atoms with van der Waals surface area (Å²) >= 11 is 0. The SMILES string of the molecule is O=C(C1CCCC1)N1CCO[C@H](c2ccc(C(F)(F)F)cc2)C1. The van der Waals surface area contributed by atoms with E-state index in [0.29, 0.717) is 25.3 Å². The normalized spacial score (nSPS) is 23.3. The second-order valence-electron chi connectivity index (χ2n) is 6.24. The zero-order valence-corrected chi connectivity index (χ0v) is 12.8. The van der Waals surface area contributed by atoms with E-state index in [2.05, 4.69) is 0 Å². The summed E-state index contributed by atoms with van der Waals surface area (Å²) in [5.74, 6) is 0.282. The fraction of sp³-hybridized carbons (Fsp3) is 0.588. The molecule has 1 saturated carbocycles. The van der Waals surface area contributed by atoms with E-state index in [-0.39, 0.29) is 17.9 Å². The molecule has 23 heavy (non-hydrogen) atoms. The number of carbonyl (C=O) groups excluding carboxylic acids is 1. The second-order valence-corrected chi connectivity index (χ2v) is 6.24. The highest BCUT2D eigenvalue weighted by molar-refractivity contribution is 5.79. The highest BCUT2D eigenvalue weighted by Gasteiger charge is 2.33. The molecule has 1 aromatic carbocycles. The van der Waals surface area contributed by atoms with Gasteiger partial charge in [-0.25, -0.2) is 0 Å². The van der Waals surface area contributed by atoms with Crippen LogP contribution in [0.3, 0.4) is 0 Å². The number of amides is 1. The summed E-state index contributed by atoms with van der Waals surface area (Å²) in [5, 5.41) is 0. The molecule has 1 atom stereocenters. The van der Waals surface area contributed by atoms with E-state index in [1.165, 1.54) is 12.1 Å². The van der Waals surface area contributed by atoms with Crippen molar-refractivity contribution in [1.29, 1.82) is 0 Å². The van der Waals surface area contributed by atoms with Gasteiger partial charge in [-0.2, -0.15) is 13.2 Å².